The summed E-state index contributed by atoms with van der Waals surface area (Å²) in [6.45, 7) is 0.819. The highest BCUT2D eigenvalue weighted by Crippen LogP contribution is 2.15. The highest BCUT2D eigenvalue weighted by molar-refractivity contribution is 5.94. The van der Waals surface area contributed by atoms with Crippen molar-refractivity contribution in [3.63, 3.8) is 0 Å². The topological polar surface area (TPSA) is 51.2 Å². The smallest absolute Gasteiger partial charge is 0.269 e. The van der Waals surface area contributed by atoms with Gasteiger partial charge in [-0.05, 0) is 12.1 Å². The summed E-state index contributed by atoms with van der Waals surface area (Å²) in [5.74, 6) is -0.767. The molecule has 0 radical (unpaired) electrons. The Balaban J connectivity index is 2.24. The quantitative estimate of drug-likeness (QED) is 0.839. The van der Waals surface area contributed by atoms with E-state index < -0.39 is 5.82 Å². The molecule has 1 heterocycles. The number of fused-ring (bicyclic) bond motifs is 1. The van der Waals surface area contributed by atoms with Gasteiger partial charge in [0.2, 0.25) is 0 Å². The number of para-hydroxylation sites is 1. The second kappa shape index (κ2) is 5.55. The summed E-state index contributed by atoms with van der Waals surface area (Å²) in [7, 11) is 1.55. The van der Waals surface area contributed by atoms with Crippen LogP contribution >= 0.6 is 0 Å². The van der Waals surface area contributed by atoms with Crippen molar-refractivity contribution in [3.05, 3.63) is 41.8 Å². The lowest BCUT2D eigenvalue weighted by Gasteiger charge is -2.05. The standard InChI is InChI=1S/C13H13FN2O2/c1-18-8-7-15-13(17)11-6-5-9-3-2-4-10(14)12(9)16-11/h2-6H,7-8H2,1H3,(H,15,17). The van der Waals surface area contributed by atoms with Gasteiger partial charge in [-0.25, -0.2) is 9.37 Å². The molecule has 18 heavy (non-hydrogen) atoms. The van der Waals surface area contributed by atoms with E-state index in [1.54, 1.807) is 31.4 Å². The van der Waals surface area contributed by atoms with Crippen LogP contribution < -0.4 is 5.32 Å². The van der Waals surface area contributed by atoms with E-state index in [-0.39, 0.29) is 17.1 Å². The lowest BCUT2D eigenvalue weighted by molar-refractivity contribution is 0.0932. The number of methoxy groups -OCH3 is 1. The Kier molecular flexibility index (Phi) is 3.84. The van der Waals surface area contributed by atoms with Crippen molar-refractivity contribution >= 4 is 16.8 Å². The molecule has 0 spiro atoms. The minimum absolute atomic E-state index is 0.198. The Labute approximate surface area is 104 Å². The summed E-state index contributed by atoms with van der Waals surface area (Å²) in [6, 6.07) is 7.93. The summed E-state index contributed by atoms with van der Waals surface area (Å²) in [5.41, 5.74) is 0.403. The largest absolute Gasteiger partial charge is 0.383 e. The second-order valence-electron chi connectivity index (χ2n) is 3.76. The van der Waals surface area contributed by atoms with Crippen LogP contribution in [-0.4, -0.2) is 31.2 Å². The molecule has 0 saturated heterocycles. The van der Waals surface area contributed by atoms with Crippen molar-refractivity contribution in [3.8, 4) is 0 Å². The van der Waals surface area contributed by atoms with Crippen LogP contribution in [0.4, 0.5) is 4.39 Å². The third-order valence-corrected chi connectivity index (χ3v) is 2.50. The van der Waals surface area contributed by atoms with Gasteiger partial charge in [-0.1, -0.05) is 18.2 Å². The number of nitrogens with zero attached hydrogens (tertiary/aromatic N) is 1. The summed E-state index contributed by atoms with van der Waals surface area (Å²) < 4.78 is 18.3. The fraction of sp³-hybridized carbons (Fsp3) is 0.231. The van der Waals surface area contributed by atoms with E-state index >= 15 is 0 Å². The maximum Gasteiger partial charge on any atom is 0.269 e. The molecule has 2 rings (SSSR count). The third kappa shape index (κ3) is 2.62. The van der Waals surface area contributed by atoms with Crippen LogP contribution in [-0.2, 0) is 4.74 Å². The van der Waals surface area contributed by atoms with Gasteiger partial charge < -0.3 is 10.1 Å². The summed E-state index contributed by atoms with van der Waals surface area (Å²) >= 11 is 0. The number of hydrogen-bond donors (Lipinski definition) is 1. The Hall–Kier alpha value is -2.01. The summed E-state index contributed by atoms with van der Waals surface area (Å²) in [6.07, 6.45) is 0. The monoisotopic (exact) mass is 248 g/mol. The average molecular weight is 248 g/mol. The second-order valence-corrected chi connectivity index (χ2v) is 3.76. The van der Waals surface area contributed by atoms with Crippen molar-refractivity contribution in [1.82, 2.24) is 10.3 Å². The molecule has 2 aromatic rings. The normalized spacial score (nSPS) is 10.6. The number of amides is 1. The molecule has 0 aliphatic rings. The van der Waals surface area contributed by atoms with E-state index in [0.29, 0.717) is 18.5 Å². The summed E-state index contributed by atoms with van der Waals surface area (Å²) in [4.78, 5) is 15.7. The van der Waals surface area contributed by atoms with Gasteiger partial charge in [-0.3, -0.25) is 4.79 Å². The van der Waals surface area contributed by atoms with Gasteiger partial charge in [-0.2, -0.15) is 0 Å². The molecule has 1 N–H and O–H groups in total. The van der Waals surface area contributed by atoms with Gasteiger partial charge in [-0.15, -0.1) is 0 Å². The minimum atomic E-state index is -0.431. The van der Waals surface area contributed by atoms with Crippen molar-refractivity contribution in [2.75, 3.05) is 20.3 Å². The number of aromatic nitrogens is 1. The van der Waals surface area contributed by atoms with Crippen molar-refractivity contribution in [1.29, 1.82) is 0 Å². The SMILES string of the molecule is COCCNC(=O)c1ccc2cccc(F)c2n1. The first-order chi connectivity index (χ1) is 8.72. The number of halogens is 1. The Morgan fingerprint density at radius 2 is 2.22 bits per heavy atom. The number of ether oxygens (including phenoxy) is 1. The highest BCUT2D eigenvalue weighted by atomic mass is 19.1. The first kappa shape index (κ1) is 12.4. The van der Waals surface area contributed by atoms with Crippen LogP contribution in [0.2, 0.25) is 0 Å². The van der Waals surface area contributed by atoms with Gasteiger partial charge in [0.1, 0.15) is 17.0 Å². The summed E-state index contributed by atoms with van der Waals surface area (Å²) in [5, 5.41) is 3.30. The van der Waals surface area contributed by atoms with Crippen LogP contribution in [0.1, 0.15) is 10.5 Å². The molecule has 1 aromatic heterocycles. The molecule has 0 atom stereocenters. The first-order valence-electron chi connectivity index (χ1n) is 5.55. The molecule has 0 bridgehead atoms. The van der Waals surface area contributed by atoms with Crippen molar-refractivity contribution in [2.45, 2.75) is 0 Å². The Morgan fingerprint density at radius 1 is 1.39 bits per heavy atom. The average Bonchev–Trinajstić information content (AvgIpc) is 2.39. The Morgan fingerprint density at radius 3 is 3.00 bits per heavy atom. The van der Waals surface area contributed by atoms with Gasteiger partial charge in [0.15, 0.2) is 0 Å². The molecule has 0 aliphatic carbocycles. The third-order valence-electron chi connectivity index (χ3n) is 2.50. The zero-order valence-corrected chi connectivity index (χ0v) is 9.94. The number of hydrogen-bond acceptors (Lipinski definition) is 3. The maximum absolute atomic E-state index is 13.5. The molecule has 0 aliphatic heterocycles. The lowest BCUT2D eigenvalue weighted by atomic mass is 10.2. The predicted molar refractivity (Wildman–Crippen MR) is 65.9 cm³/mol. The number of benzene rings is 1. The zero-order chi connectivity index (χ0) is 13.0. The number of carbonyl (C=O) groups excluding carboxylic acids is 1. The predicted octanol–water partition coefficient (Wildman–Crippen LogP) is 1.75. The molecule has 0 unspecified atom stereocenters. The van der Waals surface area contributed by atoms with Crippen LogP contribution in [0, 0.1) is 5.82 Å². The van der Waals surface area contributed by atoms with E-state index in [1.165, 1.54) is 6.07 Å². The minimum Gasteiger partial charge on any atom is -0.383 e. The van der Waals surface area contributed by atoms with Crippen LogP contribution in [0.3, 0.4) is 0 Å². The van der Waals surface area contributed by atoms with Gasteiger partial charge in [0, 0.05) is 19.0 Å². The molecular weight excluding hydrogens is 235 g/mol. The molecular formula is C13H13FN2O2. The number of carbonyl (C=O) groups is 1. The highest BCUT2D eigenvalue weighted by Gasteiger charge is 2.09. The van der Waals surface area contributed by atoms with Crippen molar-refractivity contribution in [2.24, 2.45) is 0 Å². The fourth-order valence-electron chi connectivity index (χ4n) is 1.59. The van der Waals surface area contributed by atoms with E-state index in [4.69, 9.17) is 4.74 Å². The van der Waals surface area contributed by atoms with E-state index in [0.717, 1.165) is 0 Å². The van der Waals surface area contributed by atoms with Crippen LogP contribution in [0.15, 0.2) is 30.3 Å². The molecule has 4 nitrogen and oxygen atoms in total. The van der Waals surface area contributed by atoms with Crippen LogP contribution in [0.25, 0.3) is 10.9 Å². The molecule has 1 amide bonds. The maximum atomic E-state index is 13.5. The number of nitrogens with one attached hydrogen (secondary N) is 1. The molecule has 5 heteroatoms. The molecule has 0 saturated carbocycles. The molecule has 94 valence electrons. The molecule has 0 fully saturated rings. The number of pyridine rings is 1. The van der Waals surface area contributed by atoms with Gasteiger partial charge in [0.25, 0.3) is 5.91 Å². The van der Waals surface area contributed by atoms with Crippen LogP contribution in [0.5, 0.6) is 0 Å². The number of rotatable bonds is 4. The zero-order valence-electron chi connectivity index (χ0n) is 9.94. The molecule has 1 aromatic carbocycles. The van der Waals surface area contributed by atoms with E-state index in [1.807, 2.05) is 0 Å². The van der Waals surface area contributed by atoms with E-state index in [9.17, 15) is 9.18 Å². The lowest BCUT2D eigenvalue weighted by Crippen LogP contribution is -2.27. The van der Waals surface area contributed by atoms with Gasteiger partial charge >= 0.3 is 0 Å². The Bertz CT molecular complexity index is 572. The first-order valence-corrected chi connectivity index (χ1v) is 5.55. The van der Waals surface area contributed by atoms with E-state index in [2.05, 4.69) is 10.3 Å². The van der Waals surface area contributed by atoms with Gasteiger partial charge in [0.05, 0.1) is 6.61 Å². The fourth-order valence-corrected chi connectivity index (χ4v) is 1.59. The van der Waals surface area contributed by atoms with Crippen molar-refractivity contribution < 1.29 is 13.9 Å².